The summed E-state index contributed by atoms with van der Waals surface area (Å²) < 4.78 is 1.29. The molecule has 3 nitrogen and oxygen atoms in total. The quantitative estimate of drug-likeness (QED) is 0.743. The highest BCUT2D eigenvalue weighted by atomic mass is 32.1. The van der Waals surface area contributed by atoms with Crippen LogP contribution in [0.4, 0.5) is 0 Å². The molecule has 0 aliphatic rings. The van der Waals surface area contributed by atoms with Crippen LogP contribution in [0.5, 0.6) is 0 Å². The van der Waals surface area contributed by atoms with E-state index in [2.05, 4.69) is 39.6 Å². The van der Waals surface area contributed by atoms with Crippen molar-refractivity contribution < 1.29 is 0 Å². The van der Waals surface area contributed by atoms with Gasteiger partial charge in [-0.25, -0.2) is 4.98 Å². The number of nitrogens with two attached hydrogens (primary N) is 1. The number of benzene rings is 1. The second kappa shape index (κ2) is 4.31. The Morgan fingerprint density at radius 3 is 3.06 bits per heavy atom. The van der Waals surface area contributed by atoms with Gasteiger partial charge in [-0.05, 0) is 22.4 Å². The van der Waals surface area contributed by atoms with Crippen molar-refractivity contribution in [2.75, 3.05) is 0 Å². The van der Waals surface area contributed by atoms with E-state index in [9.17, 15) is 0 Å². The highest BCUT2D eigenvalue weighted by molar-refractivity contribution is 7.17. The first-order valence-electron chi connectivity index (χ1n) is 5.54. The van der Waals surface area contributed by atoms with E-state index in [1.54, 1.807) is 17.5 Å². The molecule has 0 aliphatic heterocycles. The van der Waals surface area contributed by atoms with E-state index < -0.39 is 0 Å². The van der Waals surface area contributed by atoms with Gasteiger partial charge in [-0.1, -0.05) is 18.2 Å². The van der Waals surface area contributed by atoms with Gasteiger partial charge in [-0.15, -0.1) is 11.3 Å². The molecule has 3 aromatic rings. The van der Waals surface area contributed by atoms with Crippen LogP contribution >= 0.6 is 11.3 Å². The average Bonchev–Trinajstić information content (AvgIpc) is 2.96. The number of nitrogens with one attached hydrogen (secondary N) is 1. The van der Waals surface area contributed by atoms with E-state index in [0.717, 1.165) is 12.2 Å². The van der Waals surface area contributed by atoms with Crippen molar-refractivity contribution >= 4 is 21.4 Å². The van der Waals surface area contributed by atoms with Gasteiger partial charge in [0.25, 0.3) is 0 Å². The van der Waals surface area contributed by atoms with E-state index in [-0.39, 0.29) is 6.04 Å². The van der Waals surface area contributed by atoms with Crippen LogP contribution in [0, 0.1) is 0 Å². The molecule has 0 radical (unpaired) electrons. The van der Waals surface area contributed by atoms with Gasteiger partial charge < -0.3 is 10.7 Å². The van der Waals surface area contributed by atoms with Crippen LogP contribution in [0.2, 0.25) is 0 Å². The van der Waals surface area contributed by atoms with Crippen molar-refractivity contribution in [3.05, 3.63) is 53.4 Å². The summed E-state index contributed by atoms with van der Waals surface area (Å²) in [4.78, 5) is 7.30. The fraction of sp³-hybridized carbons (Fsp3) is 0.154. The Labute approximate surface area is 103 Å². The summed E-state index contributed by atoms with van der Waals surface area (Å²) in [5.74, 6) is 0.938. The number of rotatable bonds is 3. The van der Waals surface area contributed by atoms with Gasteiger partial charge >= 0.3 is 0 Å². The van der Waals surface area contributed by atoms with Crippen molar-refractivity contribution in [1.82, 2.24) is 9.97 Å². The monoisotopic (exact) mass is 243 g/mol. The Morgan fingerprint density at radius 2 is 2.24 bits per heavy atom. The zero-order valence-electron chi connectivity index (χ0n) is 9.26. The number of hydrogen-bond donors (Lipinski definition) is 2. The number of nitrogens with zero attached hydrogens (tertiary/aromatic N) is 1. The molecule has 4 heteroatoms. The smallest absolute Gasteiger partial charge is 0.107 e. The van der Waals surface area contributed by atoms with Gasteiger partial charge in [0.1, 0.15) is 5.82 Å². The lowest BCUT2D eigenvalue weighted by Crippen LogP contribution is -2.13. The normalized spacial score (nSPS) is 13.0. The summed E-state index contributed by atoms with van der Waals surface area (Å²) in [6, 6.07) is 8.36. The van der Waals surface area contributed by atoms with E-state index >= 15 is 0 Å². The minimum Gasteiger partial charge on any atom is -0.349 e. The second-order valence-electron chi connectivity index (χ2n) is 4.03. The van der Waals surface area contributed by atoms with Crippen LogP contribution < -0.4 is 5.73 Å². The summed E-state index contributed by atoms with van der Waals surface area (Å²) in [6.45, 7) is 0. The maximum atomic E-state index is 6.24. The van der Waals surface area contributed by atoms with Crippen LogP contribution in [0.25, 0.3) is 10.1 Å². The zero-order chi connectivity index (χ0) is 11.7. The summed E-state index contributed by atoms with van der Waals surface area (Å²) in [6.07, 6.45) is 4.33. The van der Waals surface area contributed by atoms with Gasteiger partial charge in [0.05, 0.1) is 0 Å². The maximum absolute atomic E-state index is 6.24. The number of H-pyrrole nitrogens is 1. The molecule has 3 rings (SSSR count). The Bertz CT molecular complexity index is 612. The van der Waals surface area contributed by atoms with Crippen LogP contribution in [-0.4, -0.2) is 9.97 Å². The lowest BCUT2D eigenvalue weighted by atomic mass is 10.0. The molecule has 3 N–H and O–H groups in total. The molecular weight excluding hydrogens is 230 g/mol. The Kier molecular flexibility index (Phi) is 2.66. The molecule has 0 saturated carbocycles. The Hall–Kier alpha value is -1.65. The summed E-state index contributed by atoms with van der Waals surface area (Å²) >= 11 is 1.74. The maximum Gasteiger partial charge on any atom is 0.107 e. The van der Waals surface area contributed by atoms with Gasteiger partial charge in [0.15, 0.2) is 0 Å². The number of thiophene rings is 1. The van der Waals surface area contributed by atoms with E-state index in [1.807, 2.05) is 6.20 Å². The highest BCUT2D eigenvalue weighted by Gasteiger charge is 2.13. The van der Waals surface area contributed by atoms with E-state index in [1.165, 1.54) is 15.6 Å². The molecule has 1 atom stereocenters. The van der Waals surface area contributed by atoms with Crippen molar-refractivity contribution in [3.8, 4) is 0 Å². The standard InChI is InChI=1S/C13H13N3S/c14-11(7-13-15-5-6-16-13)10-8-17-12-4-2-1-3-9(10)12/h1-6,8,11H,7,14H2,(H,15,16). The van der Waals surface area contributed by atoms with Gasteiger partial charge in [-0.3, -0.25) is 0 Å². The zero-order valence-corrected chi connectivity index (χ0v) is 10.1. The predicted molar refractivity (Wildman–Crippen MR) is 71.0 cm³/mol. The minimum absolute atomic E-state index is 0.00250. The van der Waals surface area contributed by atoms with Crippen molar-refractivity contribution in [3.63, 3.8) is 0 Å². The lowest BCUT2D eigenvalue weighted by Gasteiger charge is -2.08. The molecular formula is C13H13N3S. The molecule has 1 aromatic carbocycles. The number of aromatic amines is 1. The van der Waals surface area contributed by atoms with Crippen LogP contribution in [0.15, 0.2) is 42.0 Å². The molecule has 86 valence electrons. The first-order valence-corrected chi connectivity index (χ1v) is 6.42. The average molecular weight is 243 g/mol. The molecule has 2 heterocycles. The number of hydrogen-bond acceptors (Lipinski definition) is 3. The van der Waals surface area contributed by atoms with Gasteiger partial charge in [-0.2, -0.15) is 0 Å². The topological polar surface area (TPSA) is 54.7 Å². The number of aromatic nitrogens is 2. The Balaban J connectivity index is 1.93. The Morgan fingerprint density at radius 1 is 1.35 bits per heavy atom. The van der Waals surface area contributed by atoms with Crippen molar-refractivity contribution in [2.24, 2.45) is 5.73 Å². The molecule has 0 bridgehead atoms. The van der Waals surface area contributed by atoms with Crippen molar-refractivity contribution in [1.29, 1.82) is 0 Å². The number of fused-ring (bicyclic) bond motifs is 1. The molecule has 1 unspecified atom stereocenters. The predicted octanol–water partition coefficient (Wildman–Crippen LogP) is 2.87. The van der Waals surface area contributed by atoms with E-state index in [4.69, 9.17) is 5.73 Å². The second-order valence-corrected chi connectivity index (χ2v) is 4.94. The molecule has 0 fully saturated rings. The molecule has 17 heavy (non-hydrogen) atoms. The molecule has 0 aliphatic carbocycles. The highest BCUT2D eigenvalue weighted by Crippen LogP contribution is 2.30. The lowest BCUT2D eigenvalue weighted by molar-refractivity contribution is 0.702. The largest absolute Gasteiger partial charge is 0.349 e. The first kappa shape index (κ1) is 10.5. The van der Waals surface area contributed by atoms with Crippen LogP contribution in [0.1, 0.15) is 17.4 Å². The van der Waals surface area contributed by atoms with E-state index in [0.29, 0.717) is 0 Å². The van der Waals surface area contributed by atoms with Crippen LogP contribution in [0.3, 0.4) is 0 Å². The SMILES string of the molecule is NC(Cc1ncc[nH]1)c1csc2ccccc12. The van der Waals surface area contributed by atoms with Gasteiger partial charge in [0, 0.05) is 29.6 Å². The van der Waals surface area contributed by atoms with Gasteiger partial charge in [0.2, 0.25) is 0 Å². The summed E-state index contributed by atoms with van der Waals surface area (Å²) in [7, 11) is 0. The third-order valence-corrected chi connectivity index (χ3v) is 3.86. The fourth-order valence-electron chi connectivity index (χ4n) is 2.01. The minimum atomic E-state index is -0.00250. The van der Waals surface area contributed by atoms with Crippen LogP contribution in [-0.2, 0) is 6.42 Å². The molecule has 0 amide bonds. The molecule has 2 aromatic heterocycles. The third kappa shape index (κ3) is 1.97. The summed E-state index contributed by atoms with van der Waals surface area (Å²) in [5.41, 5.74) is 7.45. The molecule has 0 saturated heterocycles. The van der Waals surface area contributed by atoms with Crippen molar-refractivity contribution in [2.45, 2.75) is 12.5 Å². The fourth-order valence-corrected chi connectivity index (χ4v) is 3.04. The third-order valence-electron chi connectivity index (χ3n) is 2.88. The number of imidazole rings is 1. The summed E-state index contributed by atoms with van der Waals surface area (Å²) in [5, 5.41) is 3.41. The molecule has 0 spiro atoms. The first-order chi connectivity index (χ1) is 8.34.